The van der Waals surface area contributed by atoms with Crippen molar-refractivity contribution in [1.82, 2.24) is 4.90 Å². The summed E-state index contributed by atoms with van der Waals surface area (Å²) in [5, 5.41) is 9.11. The van der Waals surface area contributed by atoms with Crippen molar-refractivity contribution in [2.45, 2.75) is 6.04 Å². The van der Waals surface area contributed by atoms with E-state index in [0.717, 1.165) is 11.0 Å². The molecule has 108 valence electrons. The Balaban J connectivity index is 2.34. The van der Waals surface area contributed by atoms with Crippen molar-refractivity contribution in [2.24, 2.45) is 0 Å². The zero-order valence-corrected chi connectivity index (χ0v) is 10.8. The normalized spacial score (nSPS) is 18.7. The lowest BCUT2D eigenvalue weighted by Gasteiger charge is -2.33. The lowest BCUT2D eigenvalue weighted by atomic mass is 10.1. The summed E-state index contributed by atoms with van der Waals surface area (Å²) in [4.78, 5) is 24.7. The molecule has 20 heavy (non-hydrogen) atoms. The molecular formula is C13H14FNO5. The first-order valence-electron chi connectivity index (χ1n) is 5.99. The molecule has 1 atom stereocenters. The van der Waals surface area contributed by atoms with E-state index in [1.165, 1.54) is 19.2 Å². The second-order valence-electron chi connectivity index (χ2n) is 4.27. The molecule has 1 amide bonds. The zero-order valence-electron chi connectivity index (χ0n) is 10.8. The van der Waals surface area contributed by atoms with Gasteiger partial charge in [-0.15, -0.1) is 0 Å². The van der Waals surface area contributed by atoms with Crippen LogP contribution in [0.3, 0.4) is 0 Å². The molecule has 0 aliphatic carbocycles. The maximum atomic E-state index is 13.3. The number of benzene rings is 1. The molecule has 7 heteroatoms. The molecule has 0 saturated carbocycles. The Morgan fingerprint density at radius 2 is 2.25 bits per heavy atom. The Morgan fingerprint density at radius 3 is 2.90 bits per heavy atom. The van der Waals surface area contributed by atoms with E-state index in [9.17, 15) is 14.0 Å². The molecule has 0 radical (unpaired) electrons. The van der Waals surface area contributed by atoms with E-state index in [4.69, 9.17) is 14.6 Å². The average Bonchev–Trinajstić information content (AvgIpc) is 2.46. The number of halogens is 1. The van der Waals surface area contributed by atoms with Crippen LogP contribution in [0.4, 0.5) is 4.39 Å². The summed E-state index contributed by atoms with van der Waals surface area (Å²) in [6.45, 7) is 0.293. The van der Waals surface area contributed by atoms with Crippen LogP contribution < -0.4 is 4.74 Å². The number of amides is 1. The van der Waals surface area contributed by atoms with Gasteiger partial charge in [0.1, 0.15) is 11.6 Å². The van der Waals surface area contributed by atoms with Crippen LogP contribution in [0.25, 0.3) is 0 Å². The molecule has 6 nitrogen and oxygen atoms in total. The third-order valence-electron chi connectivity index (χ3n) is 3.07. The molecule has 0 spiro atoms. The third kappa shape index (κ3) is 2.72. The largest absolute Gasteiger partial charge is 0.496 e. The van der Waals surface area contributed by atoms with Crippen LogP contribution in [-0.4, -0.2) is 54.8 Å². The summed E-state index contributed by atoms with van der Waals surface area (Å²) in [6, 6.07) is 2.46. The molecule has 1 aliphatic rings. The van der Waals surface area contributed by atoms with Crippen molar-refractivity contribution >= 4 is 11.9 Å². The van der Waals surface area contributed by atoms with Crippen LogP contribution >= 0.6 is 0 Å². The average molecular weight is 283 g/mol. The zero-order chi connectivity index (χ0) is 14.7. The highest BCUT2D eigenvalue weighted by Gasteiger charge is 2.34. The topological polar surface area (TPSA) is 76.1 Å². The third-order valence-corrected chi connectivity index (χ3v) is 3.07. The summed E-state index contributed by atoms with van der Waals surface area (Å²) < 4.78 is 23.4. The summed E-state index contributed by atoms with van der Waals surface area (Å²) >= 11 is 0. The predicted octanol–water partition coefficient (Wildman–Crippen LogP) is 0.760. The molecular weight excluding hydrogens is 269 g/mol. The van der Waals surface area contributed by atoms with E-state index in [1.807, 2.05) is 0 Å². The maximum absolute atomic E-state index is 13.3. The number of aliphatic carboxylic acids is 1. The lowest BCUT2D eigenvalue weighted by molar-refractivity contribution is -0.147. The molecule has 1 N–H and O–H groups in total. The molecule has 0 bridgehead atoms. The van der Waals surface area contributed by atoms with E-state index >= 15 is 0 Å². The smallest absolute Gasteiger partial charge is 0.328 e. The highest BCUT2D eigenvalue weighted by atomic mass is 19.1. The van der Waals surface area contributed by atoms with Crippen LogP contribution in [0.5, 0.6) is 5.75 Å². The van der Waals surface area contributed by atoms with Crippen LogP contribution in [-0.2, 0) is 9.53 Å². The molecule has 1 aliphatic heterocycles. The first-order valence-corrected chi connectivity index (χ1v) is 5.99. The summed E-state index contributed by atoms with van der Waals surface area (Å²) in [5.41, 5.74) is 0.000602. The summed E-state index contributed by atoms with van der Waals surface area (Å²) in [7, 11) is 1.36. The fourth-order valence-electron chi connectivity index (χ4n) is 2.05. The van der Waals surface area contributed by atoms with Crippen molar-refractivity contribution in [3.05, 3.63) is 29.6 Å². The highest BCUT2D eigenvalue weighted by Crippen LogP contribution is 2.23. The lowest BCUT2D eigenvalue weighted by Crippen LogP contribution is -2.52. The minimum absolute atomic E-state index is 0.000602. The SMILES string of the molecule is COc1ccc(F)cc1C(=O)N1CCOCC1C(=O)O. The van der Waals surface area contributed by atoms with Crippen molar-refractivity contribution in [2.75, 3.05) is 26.9 Å². The molecule has 1 heterocycles. The fraction of sp³-hybridized carbons (Fsp3) is 0.385. The number of hydrogen-bond donors (Lipinski definition) is 1. The van der Waals surface area contributed by atoms with Crippen molar-refractivity contribution < 1.29 is 28.6 Å². The number of rotatable bonds is 3. The number of hydrogen-bond acceptors (Lipinski definition) is 4. The number of methoxy groups -OCH3 is 1. The summed E-state index contributed by atoms with van der Waals surface area (Å²) in [5.74, 6) is -2.13. The first kappa shape index (κ1) is 14.3. The van der Waals surface area contributed by atoms with Crippen molar-refractivity contribution in [3.8, 4) is 5.75 Å². The quantitative estimate of drug-likeness (QED) is 0.886. The van der Waals surface area contributed by atoms with E-state index in [-0.39, 0.29) is 31.1 Å². The molecule has 1 unspecified atom stereocenters. The first-order chi connectivity index (χ1) is 9.54. The van der Waals surface area contributed by atoms with Gasteiger partial charge in [-0.05, 0) is 18.2 Å². The second-order valence-corrected chi connectivity index (χ2v) is 4.27. The second kappa shape index (κ2) is 5.87. The molecule has 0 aromatic heterocycles. The van der Waals surface area contributed by atoms with Gasteiger partial charge in [-0.1, -0.05) is 0 Å². The Bertz CT molecular complexity index is 533. The van der Waals surface area contributed by atoms with Gasteiger partial charge in [0.2, 0.25) is 0 Å². The van der Waals surface area contributed by atoms with E-state index in [1.54, 1.807) is 0 Å². The van der Waals surface area contributed by atoms with Gasteiger partial charge < -0.3 is 19.5 Å². The van der Waals surface area contributed by atoms with Crippen molar-refractivity contribution in [1.29, 1.82) is 0 Å². The van der Waals surface area contributed by atoms with Gasteiger partial charge in [-0.2, -0.15) is 0 Å². The number of carboxylic acids is 1. The Labute approximate surface area is 114 Å². The van der Waals surface area contributed by atoms with E-state index in [0.29, 0.717) is 0 Å². The molecule has 2 rings (SSSR count). The molecule has 1 saturated heterocycles. The van der Waals surface area contributed by atoms with Crippen molar-refractivity contribution in [3.63, 3.8) is 0 Å². The number of morpholine rings is 1. The standard InChI is InChI=1S/C13H14FNO5/c1-19-11-3-2-8(14)6-9(11)12(16)15-4-5-20-7-10(15)13(17)18/h2-3,6,10H,4-5,7H2,1H3,(H,17,18). The number of nitrogens with zero attached hydrogens (tertiary/aromatic N) is 1. The Kier molecular flexibility index (Phi) is 4.19. The minimum Gasteiger partial charge on any atom is -0.496 e. The van der Waals surface area contributed by atoms with Gasteiger partial charge in [0.05, 0.1) is 25.9 Å². The monoisotopic (exact) mass is 283 g/mol. The Morgan fingerprint density at radius 1 is 1.50 bits per heavy atom. The predicted molar refractivity (Wildman–Crippen MR) is 66.2 cm³/mol. The van der Waals surface area contributed by atoms with Crippen LogP contribution in [0.15, 0.2) is 18.2 Å². The van der Waals surface area contributed by atoms with Crippen LogP contribution in [0.1, 0.15) is 10.4 Å². The highest BCUT2D eigenvalue weighted by molar-refractivity contribution is 5.99. The van der Waals surface area contributed by atoms with Gasteiger partial charge in [-0.25, -0.2) is 9.18 Å². The maximum Gasteiger partial charge on any atom is 0.328 e. The number of carbonyl (C=O) groups is 2. The van der Waals surface area contributed by atoms with E-state index < -0.39 is 23.7 Å². The molecule has 1 fully saturated rings. The Hall–Kier alpha value is -2.15. The molecule has 1 aromatic rings. The number of ether oxygens (including phenoxy) is 2. The van der Waals surface area contributed by atoms with Crippen LogP contribution in [0, 0.1) is 5.82 Å². The number of carboxylic acid groups (broad SMARTS) is 1. The van der Waals surface area contributed by atoms with Crippen LogP contribution in [0.2, 0.25) is 0 Å². The van der Waals surface area contributed by atoms with Gasteiger partial charge in [-0.3, -0.25) is 4.79 Å². The van der Waals surface area contributed by atoms with Gasteiger partial charge in [0.15, 0.2) is 6.04 Å². The minimum atomic E-state index is -1.16. The fourth-order valence-corrected chi connectivity index (χ4v) is 2.05. The summed E-state index contributed by atoms with van der Waals surface area (Å²) in [6.07, 6.45) is 0. The van der Waals surface area contributed by atoms with Gasteiger partial charge in [0.25, 0.3) is 5.91 Å². The molecule has 1 aromatic carbocycles. The number of carbonyl (C=O) groups excluding carboxylic acids is 1. The van der Waals surface area contributed by atoms with Gasteiger partial charge >= 0.3 is 5.97 Å². The van der Waals surface area contributed by atoms with E-state index in [2.05, 4.69) is 0 Å². The van der Waals surface area contributed by atoms with Gasteiger partial charge in [0, 0.05) is 6.54 Å².